The molecule has 0 saturated heterocycles. The van der Waals surface area contributed by atoms with E-state index in [1.165, 1.54) is 0 Å². The largest absolute Gasteiger partial charge is 0.854 e. The van der Waals surface area contributed by atoms with E-state index in [1.54, 1.807) is 0 Å². The van der Waals surface area contributed by atoms with Crippen molar-refractivity contribution in [3.8, 4) is 0 Å². The lowest BCUT2D eigenvalue weighted by Crippen LogP contribution is -2.23. The van der Waals surface area contributed by atoms with Gasteiger partial charge in [0.2, 0.25) is 19.0 Å². The average Bonchev–Trinajstić information content (AvgIpc) is 3.50. The van der Waals surface area contributed by atoms with Crippen LogP contribution in [0.1, 0.15) is 34.6 Å². The number of aryl methyl sites for hydroxylation is 6. The highest BCUT2D eigenvalue weighted by atomic mass is 32.9. The van der Waals surface area contributed by atoms with E-state index < -0.39 is 15.8 Å². The fourth-order valence-electron chi connectivity index (χ4n) is 2.59. The molecule has 8 nitrogen and oxygen atoms in total. The van der Waals surface area contributed by atoms with Crippen LogP contribution in [0.2, 0.25) is 0 Å². The lowest BCUT2D eigenvalue weighted by molar-refractivity contribution is -0.671. The van der Waals surface area contributed by atoms with E-state index in [1.807, 2.05) is 67.3 Å². The molecule has 0 N–H and O–H groups in total. The summed E-state index contributed by atoms with van der Waals surface area (Å²) >= 11 is 4.32. The molecule has 0 unspecified atom stereocenters. The highest BCUT2D eigenvalue weighted by Crippen LogP contribution is 2.27. The molecule has 0 aromatic carbocycles. The number of rotatable bonds is 5. The zero-order valence-electron chi connectivity index (χ0n) is 21.5. The second kappa shape index (κ2) is 17.2. The van der Waals surface area contributed by atoms with E-state index in [-0.39, 0.29) is 0 Å². The van der Waals surface area contributed by atoms with Gasteiger partial charge in [-0.15, -0.1) is 0 Å². The van der Waals surface area contributed by atoms with Crippen LogP contribution >= 0.6 is 5.69 Å². The molecule has 0 radical (unpaired) electrons. The minimum atomic E-state index is -3.41. The van der Waals surface area contributed by atoms with Crippen molar-refractivity contribution < 1.29 is 23.5 Å². The molecule has 0 aliphatic heterocycles. The van der Waals surface area contributed by atoms with Gasteiger partial charge in [-0.25, -0.2) is 37.5 Å². The summed E-state index contributed by atoms with van der Waals surface area (Å²) in [5.41, 5.74) is -3.41. The predicted octanol–water partition coefficient (Wildman–Crippen LogP) is 0.587. The van der Waals surface area contributed by atoms with Crippen LogP contribution < -0.4 is 23.5 Å². The molecule has 0 amide bonds. The summed E-state index contributed by atoms with van der Waals surface area (Å²) in [6.07, 6.45) is 18.4. The van der Waals surface area contributed by atoms with Crippen LogP contribution in [0, 0.1) is 0 Å². The molecule has 0 atom stereocenters. The molecule has 190 valence electrons. The highest BCUT2D eigenvalue weighted by molar-refractivity contribution is 8.57. The maximum absolute atomic E-state index is 10.6. The molecule has 3 aromatic heterocycles. The Morgan fingerprint density at radius 1 is 0.667 bits per heavy atom. The average molecular weight is 519 g/mol. The summed E-state index contributed by atoms with van der Waals surface area (Å²) in [6, 6.07) is 0. The first-order chi connectivity index (χ1) is 15.5. The third-order valence-electron chi connectivity index (χ3n) is 4.55. The van der Waals surface area contributed by atoms with Crippen molar-refractivity contribution in [2.45, 2.75) is 54.3 Å². The predicted molar refractivity (Wildman–Crippen MR) is 137 cm³/mol. The van der Waals surface area contributed by atoms with Crippen LogP contribution in [0.4, 0.5) is 0 Å². The first kappa shape index (κ1) is 31.7. The molecule has 33 heavy (non-hydrogen) atoms. The van der Waals surface area contributed by atoms with Crippen molar-refractivity contribution >= 4 is 28.0 Å². The molecule has 0 fully saturated rings. The molecule has 0 bridgehead atoms. The SMILES string of the molecule is CCS(CC)=P([O-])([O-])[S-].CCn1cc[n+](C)c1.CCn1cc[n+](C)c1.CCn1cc[n+](C)c1. The van der Waals surface area contributed by atoms with Gasteiger partial charge in [0.15, 0.2) is 0 Å². The molecule has 3 aromatic rings. The first-order valence-electron chi connectivity index (χ1n) is 11.2. The second-order valence-corrected chi connectivity index (χ2v) is 15.3. The van der Waals surface area contributed by atoms with E-state index >= 15 is 0 Å². The Balaban J connectivity index is 0.000000414. The summed E-state index contributed by atoms with van der Waals surface area (Å²) in [4.78, 5) is 21.3. The van der Waals surface area contributed by atoms with Crippen molar-refractivity contribution in [3.05, 3.63) is 56.2 Å². The summed E-state index contributed by atoms with van der Waals surface area (Å²) < 4.78 is 12.5. The molecule has 3 heterocycles. The van der Waals surface area contributed by atoms with Crippen molar-refractivity contribution in [1.82, 2.24) is 13.7 Å². The zero-order chi connectivity index (χ0) is 25.4. The van der Waals surface area contributed by atoms with Crippen LogP contribution in [0.3, 0.4) is 0 Å². The fraction of sp³-hybridized carbons (Fsp3) is 0.591. The van der Waals surface area contributed by atoms with Crippen LogP contribution in [0.5, 0.6) is 0 Å². The minimum Gasteiger partial charge on any atom is -0.854 e. The lowest BCUT2D eigenvalue weighted by Gasteiger charge is -2.53. The van der Waals surface area contributed by atoms with Crippen LogP contribution in [-0.4, -0.2) is 25.2 Å². The maximum Gasteiger partial charge on any atom is 0.243 e. The van der Waals surface area contributed by atoms with Gasteiger partial charge in [0.1, 0.15) is 37.2 Å². The Morgan fingerprint density at radius 3 is 1.00 bits per heavy atom. The van der Waals surface area contributed by atoms with Gasteiger partial charge < -0.3 is 27.7 Å². The van der Waals surface area contributed by atoms with E-state index in [4.69, 9.17) is 0 Å². The Morgan fingerprint density at radius 2 is 0.939 bits per heavy atom. The topological polar surface area (TPSA) is 72.5 Å². The minimum absolute atomic E-state index is 0.541. The summed E-state index contributed by atoms with van der Waals surface area (Å²) in [7, 11) is 5.52. The van der Waals surface area contributed by atoms with Crippen molar-refractivity contribution in [2.75, 3.05) is 11.5 Å². The van der Waals surface area contributed by atoms with Crippen LogP contribution in [0.15, 0.2) is 56.2 Å². The highest BCUT2D eigenvalue weighted by Gasteiger charge is 1.93. The molecule has 0 saturated carbocycles. The standard InChI is InChI=1S/3C6H11N2.C4H10O2PS2/c3*1-3-8-5-4-7(2)6-8;1-3-9(4-2)7(5,6)8/h3*4-6H,3H2,1-2H3;3-4H2,1-2H3/q3*+1;-3. The summed E-state index contributed by atoms with van der Waals surface area (Å²) in [5.74, 6) is 1.33. The summed E-state index contributed by atoms with van der Waals surface area (Å²) in [5, 5.41) is 0. The van der Waals surface area contributed by atoms with Gasteiger partial charge in [-0.3, -0.25) is 0 Å². The molecule has 11 heteroatoms. The zero-order valence-corrected chi connectivity index (χ0v) is 24.0. The van der Waals surface area contributed by atoms with Gasteiger partial charge >= 0.3 is 0 Å². The van der Waals surface area contributed by atoms with E-state index in [2.05, 4.69) is 84.3 Å². The van der Waals surface area contributed by atoms with E-state index in [0.29, 0.717) is 11.5 Å². The maximum atomic E-state index is 10.6. The van der Waals surface area contributed by atoms with Gasteiger partial charge in [0.25, 0.3) is 0 Å². The Hall–Kier alpha value is -1.32. The first-order valence-corrected chi connectivity index (χ1v) is 16.0. The van der Waals surface area contributed by atoms with Gasteiger partial charge in [0, 0.05) is 0 Å². The monoisotopic (exact) mass is 518 g/mol. The number of aromatic nitrogens is 6. The quantitative estimate of drug-likeness (QED) is 0.282. The number of hydrogen-bond donors (Lipinski definition) is 0. The summed E-state index contributed by atoms with van der Waals surface area (Å²) in [6.45, 7) is 13.2. The fourth-order valence-corrected chi connectivity index (χ4v) is 7.42. The second-order valence-electron chi connectivity index (χ2n) is 7.22. The van der Waals surface area contributed by atoms with Crippen molar-refractivity contribution in [2.24, 2.45) is 21.1 Å². The third kappa shape index (κ3) is 14.5. The van der Waals surface area contributed by atoms with Gasteiger partial charge in [-0.2, -0.15) is 0 Å². The van der Waals surface area contributed by atoms with Crippen LogP contribution in [0.25, 0.3) is 0 Å². The lowest BCUT2D eigenvalue weighted by atomic mass is 10.7. The van der Waals surface area contributed by atoms with Gasteiger partial charge in [0.05, 0.1) is 40.8 Å². The van der Waals surface area contributed by atoms with Crippen molar-refractivity contribution in [1.29, 1.82) is 0 Å². The Kier molecular flexibility index (Phi) is 16.5. The molecule has 0 aliphatic carbocycles. The number of imidazole rings is 3. The van der Waals surface area contributed by atoms with Gasteiger partial charge in [-0.1, -0.05) is 13.8 Å². The smallest absolute Gasteiger partial charge is 0.243 e. The molecule has 0 aliphatic rings. The van der Waals surface area contributed by atoms with E-state index in [0.717, 1.165) is 19.6 Å². The molecular formula is C22H43N6O2PS2. The Labute approximate surface area is 208 Å². The van der Waals surface area contributed by atoms with E-state index in [9.17, 15) is 9.79 Å². The van der Waals surface area contributed by atoms with Crippen LogP contribution in [-0.2, 0) is 63.1 Å². The normalized spacial score (nSPS) is 10.5. The van der Waals surface area contributed by atoms with Gasteiger partial charge in [-0.05, 0) is 32.3 Å². The molecule has 0 spiro atoms. The molecule has 3 rings (SSSR count). The number of hydrogen-bond acceptors (Lipinski definition) is 3. The Bertz CT molecular complexity index is 852. The number of nitrogens with zero attached hydrogens (tertiary/aromatic N) is 6. The molecular weight excluding hydrogens is 475 g/mol. The third-order valence-corrected chi connectivity index (χ3v) is 11.9. The van der Waals surface area contributed by atoms with Crippen molar-refractivity contribution in [3.63, 3.8) is 0 Å².